The van der Waals surface area contributed by atoms with E-state index in [4.69, 9.17) is 0 Å². The molecule has 0 radical (unpaired) electrons. The lowest BCUT2D eigenvalue weighted by Crippen LogP contribution is -2.29. The number of carbonyl (C=O) groups excluding carboxylic acids is 1. The number of amides is 1. The SMILES string of the molecule is O=C(c1cccnc1NCc1cc(Br)cs1)N1CCc2ccccc21. The Hall–Kier alpha value is -2.18. The van der Waals surface area contributed by atoms with Crippen LogP contribution in [0.3, 0.4) is 0 Å². The van der Waals surface area contributed by atoms with Gasteiger partial charge in [0.1, 0.15) is 5.82 Å². The predicted molar refractivity (Wildman–Crippen MR) is 105 cm³/mol. The second kappa shape index (κ2) is 6.98. The van der Waals surface area contributed by atoms with E-state index < -0.39 is 0 Å². The zero-order valence-corrected chi connectivity index (χ0v) is 15.8. The van der Waals surface area contributed by atoms with Crippen molar-refractivity contribution in [1.29, 1.82) is 0 Å². The van der Waals surface area contributed by atoms with Crippen LogP contribution in [0.25, 0.3) is 0 Å². The van der Waals surface area contributed by atoms with Crippen molar-refractivity contribution in [3.8, 4) is 0 Å². The number of nitrogens with one attached hydrogen (secondary N) is 1. The molecule has 0 spiro atoms. The first-order valence-corrected chi connectivity index (χ1v) is 9.71. The fourth-order valence-corrected chi connectivity index (χ4v) is 4.42. The van der Waals surface area contributed by atoms with Crippen molar-refractivity contribution in [3.63, 3.8) is 0 Å². The zero-order valence-electron chi connectivity index (χ0n) is 13.4. The lowest BCUT2D eigenvalue weighted by molar-refractivity contribution is 0.0990. The van der Waals surface area contributed by atoms with E-state index in [0.717, 1.165) is 16.6 Å². The smallest absolute Gasteiger partial charge is 0.262 e. The Morgan fingerprint density at radius 2 is 2.16 bits per heavy atom. The van der Waals surface area contributed by atoms with Crippen LogP contribution in [0.1, 0.15) is 20.8 Å². The summed E-state index contributed by atoms with van der Waals surface area (Å²) in [6.45, 7) is 1.36. The quantitative estimate of drug-likeness (QED) is 0.672. The summed E-state index contributed by atoms with van der Waals surface area (Å²) in [5.74, 6) is 0.620. The third-order valence-electron chi connectivity index (χ3n) is 4.22. The lowest BCUT2D eigenvalue weighted by Gasteiger charge is -2.19. The Bertz CT molecular complexity index is 924. The van der Waals surface area contributed by atoms with Gasteiger partial charge in [0.25, 0.3) is 5.91 Å². The highest BCUT2D eigenvalue weighted by Gasteiger charge is 2.26. The number of halogens is 1. The molecule has 6 heteroatoms. The van der Waals surface area contributed by atoms with Gasteiger partial charge in [-0.1, -0.05) is 18.2 Å². The number of pyridine rings is 1. The first-order valence-electron chi connectivity index (χ1n) is 8.04. The molecule has 0 saturated carbocycles. The molecule has 3 heterocycles. The van der Waals surface area contributed by atoms with E-state index in [0.29, 0.717) is 24.5 Å². The highest BCUT2D eigenvalue weighted by Crippen LogP contribution is 2.30. The molecule has 0 aliphatic carbocycles. The van der Waals surface area contributed by atoms with Crippen LogP contribution in [0.5, 0.6) is 0 Å². The van der Waals surface area contributed by atoms with Crippen LogP contribution >= 0.6 is 27.3 Å². The van der Waals surface area contributed by atoms with E-state index in [-0.39, 0.29) is 5.91 Å². The minimum absolute atomic E-state index is 0.00656. The number of aromatic nitrogens is 1. The number of anilines is 2. The van der Waals surface area contributed by atoms with Gasteiger partial charge in [-0.3, -0.25) is 4.79 Å². The zero-order chi connectivity index (χ0) is 17.2. The van der Waals surface area contributed by atoms with Gasteiger partial charge < -0.3 is 10.2 Å². The average Bonchev–Trinajstić information content (AvgIpc) is 3.26. The van der Waals surface area contributed by atoms with E-state index in [1.165, 1.54) is 10.4 Å². The minimum Gasteiger partial charge on any atom is -0.365 e. The van der Waals surface area contributed by atoms with E-state index >= 15 is 0 Å². The molecule has 0 atom stereocenters. The first-order chi connectivity index (χ1) is 12.2. The van der Waals surface area contributed by atoms with Crippen molar-refractivity contribution in [2.75, 3.05) is 16.8 Å². The maximum atomic E-state index is 13.1. The Kier molecular flexibility index (Phi) is 4.55. The van der Waals surface area contributed by atoms with Crippen molar-refractivity contribution >= 4 is 44.7 Å². The number of fused-ring (bicyclic) bond motifs is 1. The normalized spacial score (nSPS) is 12.9. The Morgan fingerprint density at radius 3 is 3.00 bits per heavy atom. The Labute approximate surface area is 158 Å². The van der Waals surface area contributed by atoms with Gasteiger partial charge in [0.15, 0.2) is 0 Å². The topological polar surface area (TPSA) is 45.2 Å². The summed E-state index contributed by atoms with van der Waals surface area (Å²) in [6.07, 6.45) is 2.61. The number of carbonyl (C=O) groups is 1. The molecular formula is C19H16BrN3OS. The number of nitrogens with zero attached hydrogens (tertiary/aromatic N) is 2. The van der Waals surface area contributed by atoms with Gasteiger partial charge in [0, 0.05) is 33.2 Å². The van der Waals surface area contributed by atoms with Gasteiger partial charge in [-0.15, -0.1) is 11.3 Å². The summed E-state index contributed by atoms with van der Waals surface area (Å²) < 4.78 is 1.07. The Morgan fingerprint density at radius 1 is 1.28 bits per heavy atom. The summed E-state index contributed by atoms with van der Waals surface area (Å²) in [7, 11) is 0. The van der Waals surface area contributed by atoms with Crippen LogP contribution in [0.4, 0.5) is 11.5 Å². The molecule has 0 fully saturated rings. The number of hydrogen-bond donors (Lipinski definition) is 1. The minimum atomic E-state index is -0.00656. The third kappa shape index (κ3) is 3.32. The molecule has 2 aromatic heterocycles. The third-order valence-corrected chi connectivity index (χ3v) is 5.92. The first kappa shape index (κ1) is 16.3. The lowest BCUT2D eigenvalue weighted by atomic mass is 10.1. The van der Waals surface area contributed by atoms with Gasteiger partial charge in [-0.05, 0) is 52.2 Å². The average molecular weight is 414 g/mol. The molecule has 4 nitrogen and oxygen atoms in total. The molecule has 1 N–H and O–H groups in total. The summed E-state index contributed by atoms with van der Waals surface area (Å²) in [5.41, 5.74) is 2.83. The molecule has 0 unspecified atom stereocenters. The van der Waals surface area contributed by atoms with Crippen molar-refractivity contribution in [2.45, 2.75) is 13.0 Å². The van der Waals surface area contributed by atoms with Gasteiger partial charge in [-0.2, -0.15) is 0 Å². The molecule has 126 valence electrons. The molecular weight excluding hydrogens is 398 g/mol. The maximum absolute atomic E-state index is 13.1. The van der Waals surface area contributed by atoms with Crippen LogP contribution in [-0.2, 0) is 13.0 Å². The fraction of sp³-hybridized carbons (Fsp3) is 0.158. The maximum Gasteiger partial charge on any atom is 0.262 e. The van der Waals surface area contributed by atoms with Gasteiger partial charge in [-0.25, -0.2) is 4.98 Å². The van der Waals surface area contributed by atoms with Crippen LogP contribution in [0.15, 0.2) is 58.5 Å². The van der Waals surface area contributed by atoms with Crippen LogP contribution in [0, 0.1) is 0 Å². The van der Waals surface area contributed by atoms with Gasteiger partial charge in [0.05, 0.1) is 12.1 Å². The predicted octanol–water partition coefficient (Wildman–Crippen LogP) is 4.72. The Balaban J connectivity index is 1.57. The van der Waals surface area contributed by atoms with E-state index in [2.05, 4.69) is 38.4 Å². The van der Waals surface area contributed by atoms with E-state index in [1.807, 2.05) is 40.6 Å². The van der Waals surface area contributed by atoms with Crippen molar-refractivity contribution < 1.29 is 4.79 Å². The van der Waals surface area contributed by atoms with Crippen LogP contribution in [-0.4, -0.2) is 17.4 Å². The second-order valence-corrected chi connectivity index (χ2v) is 7.73. The summed E-state index contributed by atoms with van der Waals surface area (Å²) in [4.78, 5) is 20.5. The molecule has 0 saturated heterocycles. The molecule has 4 rings (SSSR count). The van der Waals surface area contributed by atoms with Gasteiger partial charge in [0.2, 0.25) is 0 Å². The highest BCUT2D eigenvalue weighted by atomic mass is 79.9. The summed E-state index contributed by atoms with van der Waals surface area (Å²) >= 11 is 5.13. The van der Waals surface area contributed by atoms with E-state index in [1.54, 1.807) is 17.5 Å². The number of hydrogen-bond acceptors (Lipinski definition) is 4. The molecule has 0 bridgehead atoms. The monoisotopic (exact) mass is 413 g/mol. The second-order valence-electron chi connectivity index (χ2n) is 5.82. The van der Waals surface area contributed by atoms with Crippen molar-refractivity contribution in [3.05, 3.63) is 74.5 Å². The standard InChI is InChI=1S/C19H16BrN3OS/c20-14-10-15(25-12-14)11-22-18-16(5-3-8-21-18)19(24)23-9-7-13-4-1-2-6-17(13)23/h1-6,8,10,12H,7,9,11H2,(H,21,22). The fourth-order valence-electron chi connectivity index (χ4n) is 3.03. The molecule has 1 aromatic carbocycles. The van der Waals surface area contributed by atoms with Crippen molar-refractivity contribution in [1.82, 2.24) is 4.98 Å². The number of para-hydroxylation sites is 1. The summed E-state index contributed by atoms with van der Waals surface area (Å²) in [6, 6.07) is 13.8. The number of benzene rings is 1. The van der Waals surface area contributed by atoms with E-state index in [9.17, 15) is 4.79 Å². The molecule has 3 aromatic rings. The molecule has 1 aliphatic heterocycles. The number of thiophene rings is 1. The summed E-state index contributed by atoms with van der Waals surface area (Å²) in [5, 5.41) is 5.35. The molecule has 1 amide bonds. The number of rotatable bonds is 4. The molecule has 25 heavy (non-hydrogen) atoms. The van der Waals surface area contributed by atoms with Crippen LogP contribution < -0.4 is 10.2 Å². The highest BCUT2D eigenvalue weighted by molar-refractivity contribution is 9.10. The largest absolute Gasteiger partial charge is 0.365 e. The molecule has 1 aliphatic rings. The van der Waals surface area contributed by atoms with Gasteiger partial charge >= 0.3 is 0 Å². The van der Waals surface area contributed by atoms with Crippen molar-refractivity contribution in [2.24, 2.45) is 0 Å². The van der Waals surface area contributed by atoms with Crippen LogP contribution in [0.2, 0.25) is 0 Å².